The summed E-state index contributed by atoms with van der Waals surface area (Å²) in [5, 5.41) is 12.7. The van der Waals surface area contributed by atoms with Gasteiger partial charge in [-0.25, -0.2) is 0 Å². The van der Waals surface area contributed by atoms with Crippen molar-refractivity contribution in [3.05, 3.63) is 65.1 Å². The molecule has 0 spiro atoms. The fourth-order valence-corrected chi connectivity index (χ4v) is 3.30. The van der Waals surface area contributed by atoms with Gasteiger partial charge < -0.3 is 14.3 Å². The molecular formula is C21H19ClN4O2. The van der Waals surface area contributed by atoms with Crippen LogP contribution in [0.5, 0.6) is 0 Å². The molecule has 6 nitrogen and oxygen atoms in total. The summed E-state index contributed by atoms with van der Waals surface area (Å²) in [6, 6.07) is 13.3. The first-order valence-electron chi connectivity index (χ1n) is 9.01. The summed E-state index contributed by atoms with van der Waals surface area (Å²) in [5.41, 5.74) is 3.40. The van der Waals surface area contributed by atoms with Crippen molar-refractivity contribution < 1.29 is 9.21 Å². The van der Waals surface area contributed by atoms with E-state index in [1.807, 2.05) is 54.9 Å². The number of benzene rings is 2. The van der Waals surface area contributed by atoms with Crippen LogP contribution in [0.2, 0.25) is 5.02 Å². The fraction of sp³-hybridized carbons (Fsp3) is 0.190. The molecule has 0 aliphatic rings. The van der Waals surface area contributed by atoms with Crippen molar-refractivity contribution in [2.45, 2.75) is 26.8 Å². The molecule has 0 radical (unpaired) electrons. The molecule has 4 rings (SSSR count). The number of hydrogen-bond acceptors (Lipinski definition) is 4. The second-order valence-corrected chi connectivity index (χ2v) is 6.99. The lowest BCUT2D eigenvalue weighted by Gasteiger charge is -2.10. The maximum absolute atomic E-state index is 12.7. The van der Waals surface area contributed by atoms with Gasteiger partial charge in [0, 0.05) is 34.2 Å². The number of fused-ring (bicyclic) bond motifs is 1. The molecule has 2 aromatic heterocycles. The molecule has 0 atom stereocenters. The van der Waals surface area contributed by atoms with E-state index in [1.54, 1.807) is 12.1 Å². The van der Waals surface area contributed by atoms with Crippen molar-refractivity contribution in [3.8, 4) is 11.5 Å². The van der Waals surface area contributed by atoms with Gasteiger partial charge in [-0.05, 0) is 30.7 Å². The Morgan fingerprint density at radius 1 is 1.21 bits per heavy atom. The van der Waals surface area contributed by atoms with Crippen LogP contribution >= 0.6 is 11.6 Å². The zero-order valence-corrected chi connectivity index (χ0v) is 16.3. The van der Waals surface area contributed by atoms with E-state index in [9.17, 15) is 4.79 Å². The lowest BCUT2D eigenvalue weighted by molar-refractivity contribution is -0.116. The Morgan fingerprint density at radius 2 is 2.04 bits per heavy atom. The lowest BCUT2D eigenvalue weighted by Crippen LogP contribution is -2.18. The third-order valence-electron chi connectivity index (χ3n) is 4.58. The van der Waals surface area contributed by atoms with Crippen molar-refractivity contribution in [1.29, 1.82) is 0 Å². The van der Waals surface area contributed by atoms with Gasteiger partial charge in [-0.3, -0.25) is 4.79 Å². The number of amides is 1. The van der Waals surface area contributed by atoms with E-state index in [2.05, 4.69) is 15.5 Å². The van der Waals surface area contributed by atoms with Crippen LogP contribution in [-0.4, -0.2) is 20.7 Å². The molecule has 0 saturated heterocycles. The minimum absolute atomic E-state index is 0.141. The summed E-state index contributed by atoms with van der Waals surface area (Å²) in [7, 11) is 0. The van der Waals surface area contributed by atoms with E-state index in [0.29, 0.717) is 28.9 Å². The monoisotopic (exact) mass is 394 g/mol. The first kappa shape index (κ1) is 18.3. The van der Waals surface area contributed by atoms with E-state index >= 15 is 0 Å². The quantitative estimate of drug-likeness (QED) is 0.525. The normalized spacial score (nSPS) is 11.1. The molecule has 28 heavy (non-hydrogen) atoms. The highest BCUT2D eigenvalue weighted by molar-refractivity contribution is 6.31. The first-order valence-corrected chi connectivity index (χ1v) is 9.39. The topological polar surface area (TPSA) is 73.0 Å². The minimum Gasteiger partial charge on any atom is -0.421 e. The Hall–Kier alpha value is -3.12. The van der Waals surface area contributed by atoms with Gasteiger partial charge in [0.1, 0.15) is 6.54 Å². The third kappa shape index (κ3) is 3.51. The van der Waals surface area contributed by atoms with Crippen molar-refractivity contribution >= 4 is 34.1 Å². The van der Waals surface area contributed by atoms with Gasteiger partial charge >= 0.3 is 0 Å². The summed E-state index contributed by atoms with van der Waals surface area (Å²) in [6.07, 6.45) is 2.55. The molecule has 1 N–H and O–H groups in total. The molecule has 1 amide bonds. The average Bonchev–Trinajstić information content (AvgIpc) is 3.30. The highest BCUT2D eigenvalue weighted by Crippen LogP contribution is 2.30. The molecular weight excluding hydrogens is 376 g/mol. The molecule has 0 aliphatic heterocycles. The Kier molecular flexibility index (Phi) is 4.88. The molecule has 2 aromatic carbocycles. The molecule has 0 unspecified atom stereocenters. The van der Waals surface area contributed by atoms with Crippen LogP contribution in [0.15, 0.2) is 53.1 Å². The summed E-state index contributed by atoms with van der Waals surface area (Å²) in [6.45, 7) is 4.04. The Bertz CT molecular complexity index is 1160. The molecule has 0 saturated carbocycles. The number of nitrogens with zero attached hydrogens (tertiary/aromatic N) is 3. The molecule has 142 valence electrons. The molecule has 2 heterocycles. The number of para-hydroxylation sites is 1. The standard InChI is InChI=1S/C21H19ClN4O2/c1-3-20-24-25-21(28-20)16-11-26(18-7-5-4-6-15(16)18)12-19(27)23-17-10-14(22)9-8-13(17)2/h4-11H,3,12H2,1-2H3,(H,23,27). The van der Waals surface area contributed by atoms with Crippen LogP contribution in [0, 0.1) is 6.92 Å². The van der Waals surface area contributed by atoms with Gasteiger partial charge in [-0.2, -0.15) is 0 Å². The van der Waals surface area contributed by atoms with Gasteiger partial charge in [-0.15, -0.1) is 10.2 Å². The molecule has 7 heteroatoms. The lowest BCUT2D eigenvalue weighted by atomic mass is 10.2. The van der Waals surface area contributed by atoms with Crippen molar-refractivity contribution in [2.24, 2.45) is 0 Å². The van der Waals surface area contributed by atoms with Crippen LogP contribution in [0.4, 0.5) is 5.69 Å². The van der Waals surface area contributed by atoms with Gasteiger partial charge in [0.05, 0.1) is 5.56 Å². The smallest absolute Gasteiger partial charge is 0.249 e. The maximum atomic E-state index is 12.7. The Labute approximate surface area is 167 Å². The molecule has 0 fully saturated rings. The van der Waals surface area contributed by atoms with Gasteiger partial charge in [0.15, 0.2) is 0 Å². The zero-order chi connectivity index (χ0) is 19.7. The van der Waals surface area contributed by atoms with Gasteiger partial charge in [0.2, 0.25) is 17.7 Å². The zero-order valence-electron chi connectivity index (χ0n) is 15.6. The summed E-state index contributed by atoms with van der Waals surface area (Å²) in [5.74, 6) is 0.899. The molecule has 4 aromatic rings. The Balaban J connectivity index is 1.65. The van der Waals surface area contributed by atoms with Crippen LogP contribution in [0.25, 0.3) is 22.4 Å². The van der Waals surface area contributed by atoms with E-state index in [0.717, 1.165) is 22.0 Å². The SMILES string of the molecule is CCc1nnc(-c2cn(CC(=O)Nc3cc(Cl)ccc3C)c3ccccc23)o1. The fourth-order valence-electron chi connectivity index (χ4n) is 3.13. The number of rotatable bonds is 5. The predicted molar refractivity (Wildman–Crippen MR) is 109 cm³/mol. The van der Waals surface area contributed by atoms with Gasteiger partial charge in [-0.1, -0.05) is 42.8 Å². The highest BCUT2D eigenvalue weighted by Gasteiger charge is 2.17. The van der Waals surface area contributed by atoms with E-state index < -0.39 is 0 Å². The van der Waals surface area contributed by atoms with Crippen molar-refractivity contribution in [2.75, 3.05) is 5.32 Å². The molecule has 0 aliphatic carbocycles. The second kappa shape index (κ2) is 7.48. The number of aromatic nitrogens is 3. The van der Waals surface area contributed by atoms with E-state index in [1.165, 1.54) is 0 Å². The number of carbonyl (C=O) groups excluding carboxylic acids is 1. The predicted octanol–water partition coefficient (Wildman–Crippen LogP) is 4.85. The number of anilines is 1. The van der Waals surface area contributed by atoms with Crippen LogP contribution in [0.1, 0.15) is 18.4 Å². The Morgan fingerprint density at radius 3 is 2.82 bits per heavy atom. The first-order chi connectivity index (χ1) is 13.5. The highest BCUT2D eigenvalue weighted by atomic mass is 35.5. The number of carbonyl (C=O) groups is 1. The minimum atomic E-state index is -0.141. The largest absolute Gasteiger partial charge is 0.421 e. The summed E-state index contributed by atoms with van der Waals surface area (Å²) >= 11 is 6.04. The van der Waals surface area contributed by atoms with Crippen LogP contribution < -0.4 is 5.32 Å². The van der Waals surface area contributed by atoms with Gasteiger partial charge in [0.25, 0.3) is 0 Å². The summed E-state index contributed by atoms with van der Waals surface area (Å²) < 4.78 is 7.60. The van der Waals surface area contributed by atoms with Crippen molar-refractivity contribution in [1.82, 2.24) is 14.8 Å². The second-order valence-electron chi connectivity index (χ2n) is 6.55. The van der Waals surface area contributed by atoms with E-state index in [4.69, 9.17) is 16.0 Å². The van der Waals surface area contributed by atoms with E-state index in [-0.39, 0.29) is 12.5 Å². The number of aryl methyl sites for hydroxylation is 2. The maximum Gasteiger partial charge on any atom is 0.249 e. The van der Waals surface area contributed by atoms with Crippen molar-refractivity contribution in [3.63, 3.8) is 0 Å². The number of halogens is 1. The number of nitrogens with one attached hydrogen (secondary N) is 1. The average molecular weight is 395 g/mol. The van der Waals surface area contributed by atoms with Crippen LogP contribution in [0.3, 0.4) is 0 Å². The molecule has 0 bridgehead atoms. The third-order valence-corrected chi connectivity index (χ3v) is 4.81. The van der Waals surface area contributed by atoms with Crippen LogP contribution in [-0.2, 0) is 17.8 Å². The summed E-state index contributed by atoms with van der Waals surface area (Å²) in [4.78, 5) is 12.7. The number of hydrogen-bond donors (Lipinski definition) is 1.